The molecule has 39 heavy (non-hydrogen) atoms. The fourth-order valence-electron chi connectivity index (χ4n) is 3.74. The molecular formula is C26H29BrN4O8. The molecule has 12 nitrogen and oxygen atoms in total. The Balaban J connectivity index is 1.69. The number of halogens is 1. The summed E-state index contributed by atoms with van der Waals surface area (Å²) in [5.41, 5.74) is 4.22. The molecule has 0 saturated carbocycles. The van der Waals surface area contributed by atoms with Gasteiger partial charge in [0.1, 0.15) is 11.5 Å². The van der Waals surface area contributed by atoms with E-state index in [0.717, 1.165) is 0 Å². The van der Waals surface area contributed by atoms with Crippen LogP contribution >= 0.6 is 15.9 Å². The number of methoxy groups -OCH3 is 3. The van der Waals surface area contributed by atoms with Crippen LogP contribution in [0.25, 0.3) is 0 Å². The Hall–Kier alpha value is -4.26. The third kappa shape index (κ3) is 7.19. The van der Waals surface area contributed by atoms with Crippen LogP contribution in [0, 0.1) is 0 Å². The average Bonchev–Trinajstić information content (AvgIpc) is 2.91. The largest absolute Gasteiger partial charge is 0.496 e. The predicted octanol–water partition coefficient (Wildman–Crippen LogP) is 3.20. The molecule has 3 rings (SSSR count). The van der Waals surface area contributed by atoms with Gasteiger partial charge < -0.3 is 34.3 Å². The van der Waals surface area contributed by atoms with Gasteiger partial charge >= 0.3 is 12.0 Å². The Morgan fingerprint density at radius 3 is 2.44 bits per heavy atom. The van der Waals surface area contributed by atoms with E-state index in [-0.39, 0.29) is 24.5 Å². The van der Waals surface area contributed by atoms with Crippen LogP contribution in [0.15, 0.2) is 51.2 Å². The van der Waals surface area contributed by atoms with Gasteiger partial charge in [0.05, 0.1) is 50.2 Å². The van der Waals surface area contributed by atoms with Crippen molar-refractivity contribution in [2.75, 3.05) is 34.5 Å². The smallest absolute Gasteiger partial charge is 0.338 e. The van der Waals surface area contributed by atoms with Crippen LogP contribution in [0.4, 0.5) is 4.79 Å². The number of carbonyl (C=O) groups is 3. The molecule has 3 amide bonds. The van der Waals surface area contributed by atoms with Crippen molar-refractivity contribution in [2.45, 2.75) is 19.9 Å². The second kappa shape index (κ2) is 13.5. The molecule has 0 aromatic heterocycles. The zero-order valence-electron chi connectivity index (χ0n) is 22.0. The zero-order valence-corrected chi connectivity index (χ0v) is 23.6. The van der Waals surface area contributed by atoms with Gasteiger partial charge in [-0.25, -0.2) is 15.0 Å². The topological polar surface area (TPSA) is 146 Å². The SMILES string of the molecule is CCOC(=O)C1=C(C)NC(=O)N[C@H]1c1ccc(OCC(=O)N/N=C\c2cc(Br)c(OC)cc2OC)c(OC)c1. The van der Waals surface area contributed by atoms with Crippen molar-refractivity contribution in [1.82, 2.24) is 16.1 Å². The first kappa shape index (κ1) is 29.3. The predicted molar refractivity (Wildman–Crippen MR) is 145 cm³/mol. The number of ether oxygens (including phenoxy) is 5. The molecule has 1 aliphatic rings. The summed E-state index contributed by atoms with van der Waals surface area (Å²) >= 11 is 3.40. The summed E-state index contributed by atoms with van der Waals surface area (Å²) in [6, 6.07) is 7.05. The summed E-state index contributed by atoms with van der Waals surface area (Å²) < 4.78 is 27.5. The van der Waals surface area contributed by atoms with Gasteiger partial charge in [0.15, 0.2) is 18.1 Å². The average molecular weight is 605 g/mol. The fourth-order valence-corrected chi connectivity index (χ4v) is 4.26. The summed E-state index contributed by atoms with van der Waals surface area (Å²) in [6.07, 6.45) is 1.43. The molecule has 0 aliphatic carbocycles. The summed E-state index contributed by atoms with van der Waals surface area (Å²) in [5, 5.41) is 9.27. The molecule has 1 aliphatic heterocycles. The van der Waals surface area contributed by atoms with E-state index in [1.165, 1.54) is 20.4 Å². The van der Waals surface area contributed by atoms with Crippen molar-refractivity contribution in [3.63, 3.8) is 0 Å². The second-order valence-corrected chi connectivity index (χ2v) is 8.87. The number of hydrogen-bond donors (Lipinski definition) is 3. The lowest BCUT2D eigenvalue weighted by Crippen LogP contribution is -2.45. The van der Waals surface area contributed by atoms with Crippen LogP contribution in [0.5, 0.6) is 23.0 Å². The quantitative estimate of drug-likeness (QED) is 0.201. The van der Waals surface area contributed by atoms with Crippen LogP contribution in [0.1, 0.15) is 31.0 Å². The number of carbonyl (C=O) groups excluding carboxylic acids is 3. The minimum Gasteiger partial charge on any atom is -0.496 e. The molecule has 1 heterocycles. The van der Waals surface area contributed by atoms with Crippen LogP contribution in [-0.4, -0.2) is 58.7 Å². The number of esters is 1. The van der Waals surface area contributed by atoms with E-state index in [2.05, 4.69) is 37.1 Å². The highest BCUT2D eigenvalue weighted by molar-refractivity contribution is 9.10. The minimum atomic E-state index is -0.770. The number of hydrogen-bond acceptors (Lipinski definition) is 9. The summed E-state index contributed by atoms with van der Waals surface area (Å²) in [7, 11) is 4.49. The van der Waals surface area contributed by atoms with Crippen molar-refractivity contribution < 1.29 is 38.1 Å². The van der Waals surface area contributed by atoms with Crippen molar-refractivity contribution in [2.24, 2.45) is 5.10 Å². The minimum absolute atomic E-state index is 0.184. The number of urea groups is 1. The maximum absolute atomic E-state index is 12.6. The molecule has 2 aromatic carbocycles. The Morgan fingerprint density at radius 2 is 1.77 bits per heavy atom. The van der Waals surface area contributed by atoms with Gasteiger partial charge in [0.2, 0.25) is 0 Å². The first-order valence-corrected chi connectivity index (χ1v) is 12.5. The van der Waals surface area contributed by atoms with E-state index >= 15 is 0 Å². The highest BCUT2D eigenvalue weighted by Gasteiger charge is 2.32. The molecule has 0 spiro atoms. The van der Waals surface area contributed by atoms with E-state index in [9.17, 15) is 14.4 Å². The highest BCUT2D eigenvalue weighted by Crippen LogP contribution is 2.35. The highest BCUT2D eigenvalue weighted by atomic mass is 79.9. The third-order valence-electron chi connectivity index (χ3n) is 5.54. The first-order valence-electron chi connectivity index (χ1n) is 11.7. The molecule has 0 saturated heterocycles. The zero-order chi connectivity index (χ0) is 28.5. The molecule has 0 radical (unpaired) electrons. The second-order valence-electron chi connectivity index (χ2n) is 8.01. The van der Waals surface area contributed by atoms with Gasteiger partial charge in [-0.05, 0) is 53.5 Å². The lowest BCUT2D eigenvalue weighted by Gasteiger charge is -2.28. The van der Waals surface area contributed by atoms with Crippen LogP contribution in [0.2, 0.25) is 0 Å². The van der Waals surface area contributed by atoms with E-state index in [1.807, 2.05) is 0 Å². The number of nitrogens with one attached hydrogen (secondary N) is 3. The van der Waals surface area contributed by atoms with Gasteiger partial charge in [0, 0.05) is 17.3 Å². The number of allylic oxidation sites excluding steroid dienone is 1. The van der Waals surface area contributed by atoms with Gasteiger partial charge in [0.25, 0.3) is 5.91 Å². The molecule has 13 heteroatoms. The van der Waals surface area contributed by atoms with Gasteiger partial charge in [-0.2, -0.15) is 5.10 Å². The number of nitrogens with zero attached hydrogens (tertiary/aromatic N) is 1. The molecule has 3 N–H and O–H groups in total. The van der Waals surface area contributed by atoms with E-state index < -0.39 is 23.9 Å². The number of amides is 3. The number of hydrazone groups is 1. The third-order valence-corrected chi connectivity index (χ3v) is 6.16. The van der Waals surface area contributed by atoms with Crippen molar-refractivity contribution >= 4 is 40.1 Å². The van der Waals surface area contributed by atoms with Crippen molar-refractivity contribution in [3.05, 3.63) is 57.2 Å². The molecule has 0 unspecified atom stereocenters. The Bertz CT molecular complexity index is 1310. The van der Waals surface area contributed by atoms with E-state index in [1.54, 1.807) is 51.3 Å². The van der Waals surface area contributed by atoms with E-state index in [4.69, 9.17) is 23.7 Å². The van der Waals surface area contributed by atoms with Crippen molar-refractivity contribution in [1.29, 1.82) is 0 Å². The van der Waals surface area contributed by atoms with Crippen LogP contribution in [0.3, 0.4) is 0 Å². The van der Waals surface area contributed by atoms with E-state index in [0.29, 0.717) is 38.5 Å². The van der Waals surface area contributed by atoms with Crippen LogP contribution in [-0.2, 0) is 14.3 Å². The first-order chi connectivity index (χ1) is 18.7. The summed E-state index contributed by atoms with van der Waals surface area (Å²) in [6.45, 7) is 3.15. The molecule has 2 aromatic rings. The monoisotopic (exact) mass is 604 g/mol. The fraction of sp³-hybridized carbons (Fsp3) is 0.308. The number of rotatable bonds is 11. The lowest BCUT2D eigenvalue weighted by atomic mass is 9.95. The molecule has 208 valence electrons. The van der Waals surface area contributed by atoms with Crippen molar-refractivity contribution in [3.8, 4) is 23.0 Å². The maximum Gasteiger partial charge on any atom is 0.338 e. The van der Waals surface area contributed by atoms with Crippen LogP contribution < -0.4 is 35.0 Å². The summed E-state index contributed by atoms with van der Waals surface area (Å²) in [4.78, 5) is 37.0. The standard InChI is InChI=1S/C26H29BrN4O8/c1-6-38-25(33)23-14(2)29-26(34)30-24(23)15-7-8-18(21(10-15)37-5)39-13-22(32)31-28-12-16-9-17(27)20(36-4)11-19(16)35-3/h7-12,24H,6,13H2,1-5H3,(H,31,32)(H2,29,30,34)/b28-12-/t24-/m0/s1. The lowest BCUT2D eigenvalue weighted by molar-refractivity contribution is -0.139. The number of benzene rings is 2. The Kier molecular flexibility index (Phi) is 10.1. The maximum atomic E-state index is 12.6. The summed E-state index contributed by atoms with van der Waals surface area (Å²) in [5.74, 6) is 0.605. The van der Waals surface area contributed by atoms with Gasteiger partial charge in [-0.15, -0.1) is 0 Å². The van der Waals surface area contributed by atoms with Gasteiger partial charge in [-0.1, -0.05) is 6.07 Å². The Labute approximate surface area is 233 Å². The molecule has 1 atom stereocenters. The normalized spacial score (nSPS) is 14.8. The Morgan fingerprint density at radius 1 is 1.05 bits per heavy atom. The molecule has 0 fully saturated rings. The molecular weight excluding hydrogens is 576 g/mol. The van der Waals surface area contributed by atoms with Gasteiger partial charge in [-0.3, -0.25) is 4.79 Å². The molecule has 0 bridgehead atoms.